The molecule has 0 saturated carbocycles. The van der Waals surface area contributed by atoms with Crippen molar-refractivity contribution >= 4 is 26.8 Å². The first-order valence-electron chi connectivity index (χ1n) is 9.37. The molecule has 28 heavy (non-hydrogen) atoms. The molecule has 0 bridgehead atoms. The van der Waals surface area contributed by atoms with Crippen LogP contribution in [0.15, 0.2) is 47.4 Å². The number of imidazole rings is 1. The molecule has 1 N–H and O–H groups in total. The maximum Gasteiger partial charge on any atom is 0.254 e. The zero-order valence-electron chi connectivity index (χ0n) is 16.0. The second-order valence-corrected chi connectivity index (χ2v) is 9.49. The molecule has 1 aromatic heterocycles. The molecule has 1 aliphatic rings. The van der Waals surface area contributed by atoms with Crippen LogP contribution in [-0.2, 0) is 9.84 Å². The highest BCUT2D eigenvalue weighted by molar-refractivity contribution is 7.90. The third-order valence-electron chi connectivity index (χ3n) is 5.37. The molecule has 0 aliphatic carbocycles. The van der Waals surface area contributed by atoms with Gasteiger partial charge in [-0.15, -0.1) is 0 Å². The Labute approximate surface area is 164 Å². The van der Waals surface area contributed by atoms with Crippen LogP contribution in [-0.4, -0.2) is 48.5 Å². The Hall–Kier alpha value is -2.67. The van der Waals surface area contributed by atoms with Gasteiger partial charge < -0.3 is 9.88 Å². The van der Waals surface area contributed by atoms with E-state index in [1.54, 1.807) is 12.1 Å². The average molecular weight is 398 g/mol. The van der Waals surface area contributed by atoms with E-state index in [9.17, 15) is 13.2 Å². The number of fused-ring (bicyclic) bond motifs is 1. The summed E-state index contributed by atoms with van der Waals surface area (Å²) in [5.74, 6) is 0.924. The minimum atomic E-state index is -3.36. The number of aryl methyl sites for hydroxylation is 1. The summed E-state index contributed by atoms with van der Waals surface area (Å²) in [6.45, 7) is 3.07. The molecule has 1 fully saturated rings. The molecule has 1 amide bonds. The summed E-state index contributed by atoms with van der Waals surface area (Å²) >= 11 is 0. The summed E-state index contributed by atoms with van der Waals surface area (Å²) < 4.78 is 23.8. The number of H-pyrrole nitrogens is 1. The second kappa shape index (κ2) is 7.05. The molecule has 7 heteroatoms. The first-order chi connectivity index (χ1) is 13.3. The second-order valence-electron chi connectivity index (χ2n) is 7.48. The van der Waals surface area contributed by atoms with Gasteiger partial charge in [-0.1, -0.05) is 18.2 Å². The normalized spacial score (nSPS) is 17.8. The van der Waals surface area contributed by atoms with Gasteiger partial charge in [-0.25, -0.2) is 13.4 Å². The molecule has 1 unspecified atom stereocenters. The van der Waals surface area contributed by atoms with Crippen molar-refractivity contribution in [3.63, 3.8) is 0 Å². The lowest BCUT2D eigenvalue weighted by Crippen LogP contribution is -2.39. The zero-order chi connectivity index (χ0) is 19.9. The number of nitrogens with one attached hydrogen (secondary N) is 1. The van der Waals surface area contributed by atoms with E-state index in [0.717, 1.165) is 41.5 Å². The van der Waals surface area contributed by atoms with Crippen molar-refractivity contribution in [1.82, 2.24) is 14.9 Å². The SMILES string of the molecule is Cc1ccc(S(C)(=O)=O)cc1C(=O)N1CCCC(c2nc3ccccc3[nH]2)C1. The highest BCUT2D eigenvalue weighted by atomic mass is 32.2. The number of carbonyl (C=O) groups is 1. The van der Waals surface area contributed by atoms with Gasteiger partial charge in [0.05, 0.1) is 15.9 Å². The Morgan fingerprint density at radius 2 is 2.00 bits per heavy atom. The molecule has 1 aliphatic heterocycles. The lowest BCUT2D eigenvalue weighted by Gasteiger charge is -2.32. The van der Waals surface area contributed by atoms with E-state index in [2.05, 4.69) is 4.98 Å². The molecule has 0 radical (unpaired) electrons. The van der Waals surface area contributed by atoms with Gasteiger partial charge in [0.1, 0.15) is 5.82 Å². The first-order valence-corrected chi connectivity index (χ1v) is 11.3. The fourth-order valence-corrected chi connectivity index (χ4v) is 4.43. The van der Waals surface area contributed by atoms with Crippen LogP contribution >= 0.6 is 0 Å². The number of likely N-dealkylation sites (tertiary alicyclic amines) is 1. The number of amides is 1. The maximum absolute atomic E-state index is 13.1. The van der Waals surface area contributed by atoms with Gasteiger partial charge in [0, 0.05) is 30.8 Å². The third-order valence-corrected chi connectivity index (χ3v) is 6.48. The molecule has 1 saturated heterocycles. The minimum Gasteiger partial charge on any atom is -0.342 e. The Morgan fingerprint density at radius 1 is 1.21 bits per heavy atom. The molecule has 6 nitrogen and oxygen atoms in total. The Balaban J connectivity index is 1.60. The fourth-order valence-electron chi connectivity index (χ4n) is 3.78. The summed E-state index contributed by atoms with van der Waals surface area (Å²) in [5, 5.41) is 0. The minimum absolute atomic E-state index is 0.121. The van der Waals surface area contributed by atoms with E-state index in [1.807, 2.05) is 36.1 Å². The van der Waals surface area contributed by atoms with Gasteiger partial charge >= 0.3 is 0 Å². The molecule has 2 aromatic carbocycles. The molecule has 2 heterocycles. The predicted molar refractivity (Wildman–Crippen MR) is 108 cm³/mol. The number of benzene rings is 2. The van der Waals surface area contributed by atoms with E-state index in [4.69, 9.17) is 4.98 Å². The largest absolute Gasteiger partial charge is 0.342 e. The molecule has 146 valence electrons. The van der Waals surface area contributed by atoms with Gasteiger partial charge in [-0.05, 0) is 49.6 Å². The smallest absolute Gasteiger partial charge is 0.254 e. The van der Waals surface area contributed by atoms with Gasteiger partial charge in [0.25, 0.3) is 5.91 Å². The molecular weight excluding hydrogens is 374 g/mol. The van der Waals surface area contributed by atoms with E-state index in [-0.39, 0.29) is 16.7 Å². The van der Waals surface area contributed by atoms with Gasteiger partial charge in [0.15, 0.2) is 9.84 Å². The summed E-state index contributed by atoms with van der Waals surface area (Å²) in [5.41, 5.74) is 3.16. The highest BCUT2D eigenvalue weighted by Gasteiger charge is 2.28. The van der Waals surface area contributed by atoms with E-state index in [0.29, 0.717) is 18.7 Å². The fraction of sp³-hybridized carbons (Fsp3) is 0.333. The number of carbonyl (C=O) groups excluding carboxylic acids is 1. The van der Waals surface area contributed by atoms with E-state index >= 15 is 0 Å². The molecular formula is C21H23N3O3S. The lowest BCUT2D eigenvalue weighted by molar-refractivity contribution is 0.0704. The summed E-state index contributed by atoms with van der Waals surface area (Å²) in [6, 6.07) is 12.6. The number of rotatable bonds is 3. The number of aromatic amines is 1. The Bertz CT molecular complexity index is 1120. The van der Waals surface area contributed by atoms with Crippen LogP contribution in [0.1, 0.15) is 40.5 Å². The third kappa shape index (κ3) is 3.54. The number of hydrogen-bond donors (Lipinski definition) is 1. The van der Waals surface area contributed by atoms with Crippen molar-refractivity contribution < 1.29 is 13.2 Å². The number of hydrogen-bond acceptors (Lipinski definition) is 4. The van der Waals surface area contributed by atoms with E-state index in [1.165, 1.54) is 6.07 Å². The van der Waals surface area contributed by atoms with Crippen LogP contribution in [0.5, 0.6) is 0 Å². The number of aromatic nitrogens is 2. The van der Waals surface area contributed by atoms with Crippen LogP contribution < -0.4 is 0 Å². The summed E-state index contributed by atoms with van der Waals surface area (Å²) in [4.78, 5) is 23.2. The maximum atomic E-state index is 13.1. The van der Waals surface area contributed by atoms with Crippen molar-refractivity contribution in [2.75, 3.05) is 19.3 Å². The Morgan fingerprint density at radius 3 is 2.75 bits per heavy atom. The monoisotopic (exact) mass is 397 g/mol. The van der Waals surface area contributed by atoms with Crippen molar-refractivity contribution in [1.29, 1.82) is 0 Å². The summed E-state index contributed by atoms with van der Waals surface area (Å²) in [7, 11) is -3.36. The number of nitrogens with zero attached hydrogens (tertiary/aromatic N) is 2. The highest BCUT2D eigenvalue weighted by Crippen LogP contribution is 2.28. The van der Waals surface area contributed by atoms with Gasteiger partial charge in [0.2, 0.25) is 0 Å². The average Bonchev–Trinajstić information content (AvgIpc) is 3.11. The number of para-hydroxylation sites is 2. The zero-order valence-corrected chi connectivity index (χ0v) is 16.8. The number of sulfone groups is 1. The van der Waals surface area contributed by atoms with Crippen LogP contribution in [0.2, 0.25) is 0 Å². The Kier molecular flexibility index (Phi) is 4.71. The first kappa shape index (κ1) is 18.7. The molecule has 1 atom stereocenters. The lowest BCUT2D eigenvalue weighted by atomic mass is 9.96. The quantitative estimate of drug-likeness (QED) is 0.735. The van der Waals surface area contributed by atoms with Crippen LogP contribution in [0.4, 0.5) is 0 Å². The van der Waals surface area contributed by atoms with Crippen molar-refractivity contribution in [3.8, 4) is 0 Å². The van der Waals surface area contributed by atoms with Crippen LogP contribution in [0.25, 0.3) is 11.0 Å². The van der Waals surface area contributed by atoms with Crippen LogP contribution in [0.3, 0.4) is 0 Å². The summed E-state index contributed by atoms with van der Waals surface area (Å²) in [6.07, 6.45) is 3.01. The van der Waals surface area contributed by atoms with Crippen molar-refractivity contribution in [3.05, 3.63) is 59.4 Å². The van der Waals surface area contributed by atoms with E-state index < -0.39 is 9.84 Å². The standard InChI is InChI=1S/C21H23N3O3S/c1-14-9-10-16(28(2,26)27)12-17(14)21(25)24-11-5-6-15(13-24)20-22-18-7-3-4-8-19(18)23-20/h3-4,7-10,12,15H,5-6,11,13H2,1-2H3,(H,22,23). The predicted octanol–water partition coefficient (Wildman–Crippen LogP) is 3.29. The molecule has 3 aromatic rings. The van der Waals surface area contributed by atoms with Crippen molar-refractivity contribution in [2.45, 2.75) is 30.6 Å². The molecule has 4 rings (SSSR count). The van der Waals surface area contributed by atoms with Crippen molar-refractivity contribution in [2.24, 2.45) is 0 Å². The van der Waals surface area contributed by atoms with Gasteiger partial charge in [-0.2, -0.15) is 0 Å². The topological polar surface area (TPSA) is 83.1 Å². The number of piperidine rings is 1. The molecule has 0 spiro atoms. The van der Waals surface area contributed by atoms with Crippen LogP contribution in [0, 0.1) is 6.92 Å². The van der Waals surface area contributed by atoms with Gasteiger partial charge in [-0.3, -0.25) is 4.79 Å².